The predicted molar refractivity (Wildman–Crippen MR) is 165 cm³/mol. The number of benzene rings is 2. The molecule has 0 aliphatic carbocycles. The predicted octanol–water partition coefficient (Wildman–Crippen LogP) is 7.31. The monoisotopic (exact) mass is 538 g/mol. The number of aryl methyl sites for hydroxylation is 4. The highest BCUT2D eigenvalue weighted by atomic mass is 16.5. The second-order valence-electron chi connectivity index (χ2n) is 11.7. The van der Waals surface area contributed by atoms with Crippen molar-refractivity contribution in [1.29, 1.82) is 5.26 Å². The normalized spacial score (nSPS) is 19.1. The summed E-state index contributed by atoms with van der Waals surface area (Å²) in [6.45, 7) is 12.2. The molecular weight excluding hydrogens is 504 g/mol. The zero-order valence-corrected chi connectivity index (χ0v) is 23.5. The van der Waals surface area contributed by atoms with Gasteiger partial charge in [-0.05, 0) is 139 Å². The van der Waals surface area contributed by atoms with Crippen LogP contribution in [0.25, 0.3) is 17.0 Å². The molecule has 5 aliphatic rings. The van der Waals surface area contributed by atoms with Gasteiger partial charge in [0.25, 0.3) is 5.70 Å². The van der Waals surface area contributed by atoms with Gasteiger partial charge >= 0.3 is 0 Å². The van der Waals surface area contributed by atoms with Crippen molar-refractivity contribution in [2.24, 2.45) is 0 Å². The summed E-state index contributed by atoms with van der Waals surface area (Å²) in [4.78, 5) is 8.58. The van der Waals surface area contributed by atoms with E-state index in [0.29, 0.717) is 17.1 Å². The molecule has 2 aromatic rings. The van der Waals surface area contributed by atoms with Crippen molar-refractivity contribution in [3.63, 3.8) is 0 Å². The van der Waals surface area contributed by atoms with Gasteiger partial charge in [0.1, 0.15) is 11.5 Å². The molecule has 0 N–H and O–H groups in total. The second kappa shape index (κ2) is 10.8. The zero-order chi connectivity index (χ0) is 27.8. The molecule has 0 amide bonds. The largest absolute Gasteiger partial charge is 0.457 e. The fourth-order valence-electron chi connectivity index (χ4n) is 7.21. The Bertz CT molecular complexity index is 1470. The summed E-state index contributed by atoms with van der Waals surface area (Å²) in [5.41, 5.74) is 11.7. The Kier molecular flexibility index (Phi) is 6.73. The van der Waals surface area contributed by atoms with Gasteiger partial charge in [-0.1, -0.05) is 12.2 Å². The summed E-state index contributed by atoms with van der Waals surface area (Å²) in [5, 5.41) is 9.60. The van der Waals surface area contributed by atoms with Gasteiger partial charge in [0.05, 0.1) is 12.6 Å². The van der Waals surface area contributed by atoms with Crippen molar-refractivity contribution >= 4 is 23.5 Å². The molecule has 5 heteroatoms. The van der Waals surface area contributed by atoms with E-state index in [-0.39, 0.29) is 5.70 Å². The molecule has 0 atom stereocenters. The van der Waals surface area contributed by atoms with Crippen LogP contribution in [0.4, 0.5) is 11.4 Å². The van der Waals surface area contributed by atoms with Crippen LogP contribution in [0.15, 0.2) is 71.4 Å². The van der Waals surface area contributed by atoms with E-state index in [9.17, 15) is 5.26 Å². The van der Waals surface area contributed by atoms with Crippen molar-refractivity contribution < 1.29 is 4.74 Å². The van der Waals surface area contributed by atoms with Crippen LogP contribution < -0.4 is 9.80 Å². The van der Waals surface area contributed by atoms with Crippen LogP contribution in [0.5, 0.6) is 0 Å². The third-order valence-electron chi connectivity index (χ3n) is 8.91. The SMILES string of the molecule is [C-]#[N+]C(C#N)=C1C=C(/C=C/c2cc3c4c(c2)CCCN4CCC3)OC(/C=C/c2cc3c4c(c2)CCCN4CCC3)=C1. The third-order valence-corrected chi connectivity index (χ3v) is 8.91. The van der Waals surface area contributed by atoms with Crippen molar-refractivity contribution in [3.8, 4) is 6.07 Å². The maximum absolute atomic E-state index is 9.60. The maximum Gasteiger partial charge on any atom is 0.269 e. The molecule has 2 aromatic carbocycles. The molecule has 0 fully saturated rings. The number of rotatable bonds is 4. The summed E-state index contributed by atoms with van der Waals surface area (Å²) in [5.74, 6) is 1.26. The molecule has 204 valence electrons. The van der Waals surface area contributed by atoms with E-state index in [1.165, 1.54) is 96.6 Å². The van der Waals surface area contributed by atoms with Gasteiger partial charge in [-0.15, -0.1) is 0 Å². The average molecular weight is 539 g/mol. The third kappa shape index (κ3) is 4.98. The van der Waals surface area contributed by atoms with Crippen LogP contribution in [0.1, 0.15) is 59.1 Å². The van der Waals surface area contributed by atoms with Crippen molar-refractivity contribution in [3.05, 3.63) is 116 Å². The van der Waals surface area contributed by atoms with E-state index in [0.717, 1.165) is 25.7 Å². The van der Waals surface area contributed by atoms with E-state index in [1.54, 1.807) is 12.2 Å². The first-order valence-corrected chi connectivity index (χ1v) is 15.0. The Labute approximate surface area is 242 Å². The number of anilines is 2. The van der Waals surface area contributed by atoms with Gasteiger partial charge in [0, 0.05) is 37.6 Å². The molecule has 7 rings (SSSR count). The Morgan fingerprint density at radius 3 is 1.49 bits per heavy atom. The number of hydrogen-bond acceptors (Lipinski definition) is 4. The lowest BCUT2D eigenvalue weighted by Crippen LogP contribution is -2.34. The van der Waals surface area contributed by atoms with Crippen LogP contribution in [-0.4, -0.2) is 26.2 Å². The number of hydrogen-bond donors (Lipinski definition) is 0. The minimum atomic E-state index is 0.0710. The Morgan fingerprint density at radius 2 is 1.12 bits per heavy atom. The first-order valence-electron chi connectivity index (χ1n) is 15.0. The number of allylic oxidation sites excluding steroid dienone is 6. The van der Waals surface area contributed by atoms with E-state index in [1.807, 2.05) is 12.2 Å². The fourth-order valence-corrected chi connectivity index (χ4v) is 7.21. The Hall–Kier alpha value is -4.48. The van der Waals surface area contributed by atoms with Gasteiger partial charge in [-0.25, -0.2) is 10.1 Å². The van der Waals surface area contributed by atoms with Crippen LogP contribution in [-0.2, 0) is 30.4 Å². The van der Waals surface area contributed by atoms with Crippen molar-refractivity contribution in [2.45, 2.75) is 51.4 Å². The lowest BCUT2D eigenvalue weighted by molar-refractivity contribution is 0.332. The highest BCUT2D eigenvalue weighted by Gasteiger charge is 2.25. The van der Waals surface area contributed by atoms with Gasteiger partial charge in [0.15, 0.2) is 0 Å². The fraction of sp³-hybridized carbons (Fsp3) is 0.333. The lowest BCUT2D eigenvalue weighted by Gasteiger charge is -2.37. The molecule has 0 spiro atoms. The maximum atomic E-state index is 9.60. The van der Waals surface area contributed by atoms with Gasteiger partial charge in [-0.3, -0.25) is 0 Å². The molecule has 5 heterocycles. The number of nitriles is 1. The first-order chi connectivity index (χ1) is 20.2. The summed E-state index contributed by atoms with van der Waals surface area (Å²) in [7, 11) is 0. The van der Waals surface area contributed by atoms with E-state index in [4.69, 9.17) is 11.3 Å². The number of ether oxygens (including phenoxy) is 1. The molecule has 41 heavy (non-hydrogen) atoms. The van der Waals surface area contributed by atoms with E-state index in [2.05, 4.69) is 57.1 Å². The van der Waals surface area contributed by atoms with Crippen LogP contribution >= 0.6 is 0 Å². The van der Waals surface area contributed by atoms with Gasteiger partial charge in [-0.2, -0.15) is 0 Å². The summed E-state index contributed by atoms with van der Waals surface area (Å²) in [6, 6.07) is 11.3. The van der Waals surface area contributed by atoms with Crippen molar-refractivity contribution in [1.82, 2.24) is 0 Å². The lowest BCUT2D eigenvalue weighted by atomic mass is 9.90. The average Bonchev–Trinajstić information content (AvgIpc) is 3.00. The van der Waals surface area contributed by atoms with Crippen LogP contribution in [0, 0.1) is 17.9 Å². The minimum absolute atomic E-state index is 0.0710. The summed E-state index contributed by atoms with van der Waals surface area (Å²) >= 11 is 0. The summed E-state index contributed by atoms with van der Waals surface area (Å²) < 4.78 is 6.28. The molecule has 0 saturated heterocycles. The van der Waals surface area contributed by atoms with E-state index >= 15 is 0 Å². The van der Waals surface area contributed by atoms with Crippen LogP contribution in [0.3, 0.4) is 0 Å². The van der Waals surface area contributed by atoms with E-state index < -0.39 is 0 Å². The Morgan fingerprint density at radius 1 is 0.707 bits per heavy atom. The minimum Gasteiger partial charge on any atom is -0.457 e. The summed E-state index contributed by atoms with van der Waals surface area (Å²) in [6.07, 6.45) is 21.1. The highest BCUT2D eigenvalue weighted by Crippen LogP contribution is 2.38. The quantitative estimate of drug-likeness (QED) is 0.303. The highest BCUT2D eigenvalue weighted by molar-refractivity contribution is 5.70. The standard InChI is InChI=1S/C36H34N4O/c1-38-34(24-37)31-22-32(12-10-25-18-27-6-2-14-39-15-3-7-28(19-25)35(27)39)41-33(23-31)13-11-26-20-29-8-4-16-40-17-5-9-30(21-26)36(29)40/h10-13,18-23H,2-9,14-17H2/b12-10+,13-11+. The molecule has 0 unspecified atom stereocenters. The molecule has 5 nitrogen and oxygen atoms in total. The van der Waals surface area contributed by atoms with Crippen molar-refractivity contribution in [2.75, 3.05) is 36.0 Å². The molecule has 0 aromatic heterocycles. The molecule has 0 saturated carbocycles. The molecule has 0 radical (unpaired) electrons. The first kappa shape index (κ1) is 25.5. The molecular formula is C36H34N4O. The topological polar surface area (TPSA) is 43.9 Å². The molecule has 5 aliphatic heterocycles. The van der Waals surface area contributed by atoms with Gasteiger partial charge < -0.3 is 14.5 Å². The second-order valence-corrected chi connectivity index (χ2v) is 11.7. The smallest absolute Gasteiger partial charge is 0.269 e. The molecule has 0 bridgehead atoms. The van der Waals surface area contributed by atoms with Gasteiger partial charge in [0.2, 0.25) is 0 Å². The Balaban J connectivity index is 1.17. The van der Waals surface area contributed by atoms with Crippen LogP contribution in [0.2, 0.25) is 0 Å². The zero-order valence-electron chi connectivity index (χ0n) is 23.5. The number of nitrogens with zero attached hydrogens (tertiary/aromatic N) is 4.